The quantitative estimate of drug-likeness (QED) is 0.477. The van der Waals surface area contributed by atoms with E-state index >= 15 is 0 Å². The second kappa shape index (κ2) is 4.95. The Kier molecular flexibility index (Phi) is 3.58. The van der Waals surface area contributed by atoms with Crippen LogP contribution in [-0.2, 0) is 4.79 Å². The van der Waals surface area contributed by atoms with Gasteiger partial charge >= 0.3 is 0 Å². The monoisotopic (exact) mass is 267 g/mol. The van der Waals surface area contributed by atoms with Gasteiger partial charge in [0.2, 0.25) is 0 Å². The SMILES string of the molecule is C=CCN1C(=O)/C(=C\c2ccsc2)SC1=S. The number of thiocarbonyl (C=S) groups is 1. The molecule has 1 saturated heterocycles. The predicted molar refractivity (Wildman–Crippen MR) is 74.4 cm³/mol. The van der Waals surface area contributed by atoms with Crippen LogP contribution in [0.5, 0.6) is 0 Å². The fourth-order valence-corrected chi connectivity index (χ4v) is 3.19. The van der Waals surface area contributed by atoms with Gasteiger partial charge in [0.25, 0.3) is 5.91 Å². The third-order valence-electron chi connectivity index (χ3n) is 2.03. The van der Waals surface area contributed by atoms with E-state index in [4.69, 9.17) is 12.2 Å². The summed E-state index contributed by atoms with van der Waals surface area (Å²) in [6.07, 6.45) is 3.55. The summed E-state index contributed by atoms with van der Waals surface area (Å²) in [6.45, 7) is 4.09. The van der Waals surface area contributed by atoms with Crippen molar-refractivity contribution >= 4 is 51.6 Å². The zero-order chi connectivity index (χ0) is 11.5. The van der Waals surface area contributed by atoms with Crippen molar-refractivity contribution in [3.63, 3.8) is 0 Å². The van der Waals surface area contributed by atoms with E-state index in [1.165, 1.54) is 11.8 Å². The van der Waals surface area contributed by atoms with Crippen LogP contribution in [0, 0.1) is 0 Å². The van der Waals surface area contributed by atoms with E-state index in [1.807, 2.05) is 22.9 Å². The highest BCUT2D eigenvalue weighted by Gasteiger charge is 2.30. The summed E-state index contributed by atoms with van der Waals surface area (Å²) in [6, 6.07) is 1.98. The van der Waals surface area contributed by atoms with Gasteiger partial charge in [-0.15, -0.1) is 6.58 Å². The van der Waals surface area contributed by atoms with Gasteiger partial charge in [0, 0.05) is 6.54 Å². The molecule has 2 nitrogen and oxygen atoms in total. The molecule has 1 aromatic rings. The van der Waals surface area contributed by atoms with Crippen molar-refractivity contribution in [2.75, 3.05) is 6.54 Å². The van der Waals surface area contributed by atoms with E-state index in [1.54, 1.807) is 22.3 Å². The number of amides is 1. The molecule has 1 fully saturated rings. The molecule has 1 amide bonds. The van der Waals surface area contributed by atoms with Gasteiger partial charge < -0.3 is 0 Å². The number of hydrogen-bond acceptors (Lipinski definition) is 4. The third kappa shape index (κ3) is 2.26. The van der Waals surface area contributed by atoms with Crippen LogP contribution in [0.15, 0.2) is 34.4 Å². The highest BCUT2D eigenvalue weighted by Crippen LogP contribution is 2.32. The summed E-state index contributed by atoms with van der Waals surface area (Å²) in [4.78, 5) is 14.2. The minimum Gasteiger partial charge on any atom is -0.289 e. The maximum Gasteiger partial charge on any atom is 0.266 e. The molecule has 2 heterocycles. The van der Waals surface area contributed by atoms with Gasteiger partial charge in [0.15, 0.2) is 0 Å². The highest BCUT2D eigenvalue weighted by molar-refractivity contribution is 8.26. The van der Waals surface area contributed by atoms with Gasteiger partial charge in [-0.05, 0) is 28.5 Å². The molecule has 1 aromatic heterocycles. The van der Waals surface area contributed by atoms with Crippen molar-refractivity contribution < 1.29 is 4.79 Å². The average Bonchev–Trinajstić information content (AvgIpc) is 2.84. The number of carbonyl (C=O) groups excluding carboxylic acids is 1. The Morgan fingerprint density at radius 3 is 3.00 bits per heavy atom. The molecule has 0 unspecified atom stereocenters. The molecule has 0 aromatic carbocycles. The van der Waals surface area contributed by atoms with Crippen molar-refractivity contribution in [1.82, 2.24) is 4.90 Å². The fourth-order valence-electron chi connectivity index (χ4n) is 1.29. The lowest BCUT2D eigenvalue weighted by atomic mass is 10.3. The lowest BCUT2D eigenvalue weighted by Crippen LogP contribution is -2.27. The second-order valence-corrected chi connectivity index (χ2v) is 5.59. The molecular weight excluding hydrogens is 258 g/mol. The average molecular weight is 267 g/mol. The normalized spacial score (nSPS) is 18.5. The van der Waals surface area contributed by atoms with Crippen molar-refractivity contribution in [3.8, 4) is 0 Å². The fraction of sp³-hybridized carbons (Fsp3) is 0.0909. The topological polar surface area (TPSA) is 20.3 Å². The molecule has 0 spiro atoms. The van der Waals surface area contributed by atoms with Gasteiger partial charge in [0.1, 0.15) is 4.32 Å². The first-order chi connectivity index (χ1) is 7.72. The van der Waals surface area contributed by atoms with Crippen LogP contribution in [0.4, 0.5) is 0 Å². The Bertz CT molecular complexity index is 462. The molecule has 0 bridgehead atoms. The summed E-state index contributed by atoms with van der Waals surface area (Å²) in [5, 5.41) is 3.98. The summed E-state index contributed by atoms with van der Waals surface area (Å²) >= 11 is 8.09. The van der Waals surface area contributed by atoms with Crippen LogP contribution in [0.2, 0.25) is 0 Å². The van der Waals surface area contributed by atoms with E-state index < -0.39 is 0 Å². The zero-order valence-electron chi connectivity index (χ0n) is 8.38. The Morgan fingerprint density at radius 1 is 1.56 bits per heavy atom. The first kappa shape index (κ1) is 11.6. The second-order valence-electron chi connectivity index (χ2n) is 3.14. The van der Waals surface area contributed by atoms with Crippen molar-refractivity contribution in [1.29, 1.82) is 0 Å². The standard InChI is InChI=1S/C11H9NOS3/c1-2-4-12-10(13)9(16-11(12)14)6-8-3-5-15-7-8/h2-3,5-7H,1,4H2/b9-6+. The number of hydrogen-bond donors (Lipinski definition) is 0. The first-order valence-electron chi connectivity index (χ1n) is 4.61. The number of thioether (sulfide) groups is 1. The lowest BCUT2D eigenvalue weighted by Gasteiger charge is -2.10. The largest absolute Gasteiger partial charge is 0.289 e. The first-order valence-corrected chi connectivity index (χ1v) is 6.77. The number of thiophene rings is 1. The van der Waals surface area contributed by atoms with Crippen LogP contribution in [0.3, 0.4) is 0 Å². The Hall–Kier alpha value is -0.910. The van der Waals surface area contributed by atoms with Crippen molar-refractivity contribution in [2.24, 2.45) is 0 Å². The highest BCUT2D eigenvalue weighted by atomic mass is 32.2. The van der Waals surface area contributed by atoms with Crippen LogP contribution in [0.25, 0.3) is 6.08 Å². The van der Waals surface area contributed by atoms with Gasteiger partial charge in [-0.1, -0.05) is 30.1 Å². The van der Waals surface area contributed by atoms with Gasteiger partial charge in [0.05, 0.1) is 4.91 Å². The molecule has 0 aliphatic carbocycles. The van der Waals surface area contributed by atoms with E-state index in [9.17, 15) is 4.79 Å². The minimum atomic E-state index is -0.0268. The van der Waals surface area contributed by atoms with E-state index in [2.05, 4.69) is 6.58 Å². The zero-order valence-corrected chi connectivity index (χ0v) is 10.8. The van der Waals surface area contributed by atoms with E-state index in [-0.39, 0.29) is 5.91 Å². The van der Waals surface area contributed by atoms with Gasteiger partial charge in [-0.3, -0.25) is 9.69 Å². The van der Waals surface area contributed by atoms with Gasteiger partial charge in [-0.2, -0.15) is 11.3 Å². The molecule has 82 valence electrons. The molecule has 0 atom stereocenters. The number of rotatable bonds is 3. The third-order valence-corrected chi connectivity index (χ3v) is 4.11. The summed E-state index contributed by atoms with van der Waals surface area (Å²) in [7, 11) is 0. The number of carbonyl (C=O) groups is 1. The van der Waals surface area contributed by atoms with Crippen LogP contribution < -0.4 is 0 Å². The Balaban J connectivity index is 2.23. The maximum atomic E-state index is 11.9. The summed E-state index contributed by atoms with van der Waals surface area (Å²) in [5.41, 5.74) is 1.05. The molecule has 5 heteroatoms. The molecule has 1 aliphatic heterocycles. The summed E-state index contributed by atoms with van der Waals surface area (Å²) < 4.78 is 0.603. The molecule has 1 aliphatic rings. The minimum absolute atomic E-state index is 0.0268. The Labute approximate surface area is 108 Å². The molecule has 0 radical (unpaired) electrons. The van der Waals surface area contributed by atoms with Crippen molar-refractivity contribution in [2.45, 2.75) is 0 Å². The summed E-state index contributed by atoms with van der Waals surface area (Å²) in [5.74, 6) is -0.0268. The van der Waals surface area contributed by atoms with Crippen molar-refractivity contribution in [3.05, 3.63) is 40.0 Å². The molecule has 16 heavy (non-hydrogen) atoms. The molecular formula is C11H9NOS3. The molecule has 2 rings (SSSR count). The smallest absolute Gasteiger partial charge is 0.266 e. The van der Waals surface area contributed by atoms with Crippen LogP contribution in [-0.4, -0.2) is 21.7 Å². The molecule has 0 N–H and O–H groups in total. The van der Waals surface area contributed by atoms with Gasteiger partial charge in [-0.25, -0.2) is 0 Å². The number of nitrogens with zero attached hydrogens (tertiary/aromatic N) is 1. The van der Waals surface area contributed by atoms with E-state index in [0.717, 1.165) is 5.56 Å². The van der Waals surface area contributed by atoms with E-state index in [0.29, 0.717) is 15.8 Å². The Morgan fingerprint density at radius 2 is 2.38 bits per heavy atom. The molecule has 0 saturated carbocycles. The lowest BCUT2D eigenvalue weighted by molar-refractivity contribution is -0.121. The maximum absolute atomic E-state index is 11.9. The predicted octanol–water partition coefficient (Wildman–Crippen LogP) is 3.14. The van der Waals surface area contributed by atoms with Crippen LogP contribution in [0.1, 0.15) is 5.56 Å². The van der Waals surface area contributed by atoms with Crippen LogP contribution >= 0.6 is 35.3 Å².